The third-order valence-corrected chi connectivity index (χ3v) is 5.85. The lowest BCUT2D eigenvalue weighted by Crippen LogP contribution is -2.42. The van der Waals surface area contributed by atoms with Crippen LogP contribution in [0, 0.1) is 0 Å². The maximum absolute atomic E-state index is 13.0. The van der Waals surface area contributed by atoms with Crippen molar-refractivity contribution in [2.24, 2.45) is 0 Å². The van der Waals surface area contributed by atoms with E-state index >= 15 is 0 Å². The topological polar surface area (TPSA) is 32.8 Å². The van der Waals surface area contributed by atoms with E-state index < -0.39 is 0 Å². The Morgan fingerprint density at radius 3 is 3.00 bits per heavy atom. The normalized spacial score (nSPS) is 19.6. The average Bonchev–Trinajstić information content (AvgIpc) is 3.36. The minimum atomic E-state index is 0.194. The Labute approximate surface area is 153 Å². The molecule has 4 nitrogen and oxygen atoms in total. The second-order valence-electron chi connectivity index (χ2n) is 6.81. The summed E-state index contributed by atoms with van der Waals surface area (Å²) in [6.07, 6.45) is 3.45. The van der Waals surface area contributed by atoms with Crippen molar-refractivity contribution in [3.05, 3.63) is 52.2 Å². The Bertz CT molecular complexity index is 710. The van der Waals surface area contributed by atoms with Gasteiger partial charge in [0.15, 0.2) is 0 Å². The van der Waals surface area contributed by atoms with Gasteiger partial charge in [0.2, 0.25) is 5.91 Å². The summed E-state index contributed by atoms with van der Waals surface area (Å²) in [6, 6.07) is 12.5. The maximum Gasteiger partial charge on any atom is 0.241 e. The highest BCUT2D eigenvalue weighted by molar-refractivity contribution is 7.09. The zero-order valence-corrected chi connectivity index (χ0v) is 15.2. The quantitative estimate of drug-likeness (QED) is 0.796. The summed E-state index contributed by atoms with van der Waals surface area (Å²) in [5, 5.41) is 2.10. The molecule has 1 aromatic carbocycles. The first-order valence-corrected chi connectivity index (χ1v) is 9.92. The molecule has 2 aliphatic heterocycles. The highest BCUT2D eigenvalue weighted by Gasteiger charge is 2.27. The van der Waals surface area contributed by atoms with Gasteiger partial charge >= 0.3 is 0 Å². The van der Waals surface area contributed by atoms with Crippen LogP contribution in [0.3, 0.4) is 0 Å². The standard InChI is InChI=1S/C20H24N2O2S/c23-20(22-10-9-16-5-1-2-8-19(16)22)15-21(13-17-6-3-11-24-17)14-18-7-4-12-25-18/h1-2,4-5,7-8,12,17H,3,6,9-11,13-15H2. The SMILES string of the molecule is O=C(CN(Cc1cccs1)CC1CCCO1)N1CCc2ccccc21. The summed E-state index contributed by atoms with van der Waals surface area (Å²) >= 11 is 1.75. The molecule has 132 valence electrons. The molecule has 0 spiro atoms. The van der Waals surface area contributed by atoms with E-state index in [9.17, 15) is 4.79 Å². The van der Waals surface area contributed by atoms with Crippen LogP contribution in [0.4, 0.5) is 5.69 Å². The molecule has 2 aromatic rings. The first-order valence-electron chi connectivity index (χ1n) is 9.04. The predicted molar refractivity (Wildman–Crippen MR) is 101 cm³/mol. The molecule has 0 radical (unpaired) electrons. The number of para-hydroxylation sites is 1. The number of hydrogen-bond acceptors (Lipinski definition) is 4. The Kier molecular flexibility index (Phi) is 5.15. The molecule has 2 aliphatic rings. The first kappa shape index (κ1) is 16.8. The van der Waals surface area contributed by atoms with Crippen molar-refractivity contribution in [2.45, 2.75) is 31.9 Å². The van der Waals surface area contributed by atoms with Gasteiger partial charge in [-0.1, -0.05) is 24.3 Å². The van der Waals surface area contributed by atoms with Gasteiger partial charge in [-0.25, -0.2) is 0 Å². The highest BCUT2D eigenvalue weighted by Crippen LogP contribution is 2.28. The zero-order chi connectivity index (χ0) is 17.1. The first-order chi connectivity index (χ1) is 12.3. The number of hydrogen-bond donors (Lipinski definition) is 0. The molecule has 1 fully saturated rings. The van der Waals surface area contributed by atoms with E-state index in [1.165, 1.54) is 10.4 Å². The summed E-state index contributed by atoms with van der Waals surface area (Å²) in [7, 11) is 0. The van der Waals surface area contributed by atoms with Gasteiger partial charge < -0.3 is 9.64 Å². The number of carbonyl (C=O) groups excluding carboxylic acids is 1. The van der Waals surface area contributed by atoms with Crippen LogP contribution >= 0.6 is 11.3 Å². The molecule has 0 aliphatic carbocycles. The third kappa shape index (κ3) is 3.94. The number of benzene rings is 1. The predicted octanol–water partition coefficient (Wildman–Crippen LogP) is 3.32. The molecule has 1 saturated heterocycles. The summed E-state index contributed by atoms with van der Waals surface area (Å²) in [4.78, 5) is 18.5. The molecule has 0 N–H and O–H groups in total. The van der Waals surface area contributed by atoms with Gasteiger partial charge in [-0.2, -0.15) is 0 Å². The van der Waals surface area contributed by atoms with Gasteiger partial charge in [-0.05, 0) is 42.3 Å². The molecule has 1 amide bonds. The number of anilines is 1. The Morgan fingerprint density at radius 2 is 2.20 bits per heavy atom. The van der Waals surface area contributed by atoms with Crippen LogP contribution in [0.2, 0.25) is 0 Å². The van der Waals surface area contributed by atoms with Crippen LogP contribution in [-0.2, 0) is 22.5 Å². The number of carbonyl (C=O) groups is 1. The van der Waals surface area contributed by atoms with Crippen molar-refractivity contribution >= 4 is 22.9 Å². The van der Waals surface area contributed by atoms with Gasteiger partial charge in [0.1, 0.15) is 0 Å². The molecule has 5 heteroatoms. The van der Waals surface area contributed by atoms with E-state index in [2.05, 4.69) is 34.5 Å². The summed E-state index contributed by atoms with van der Waals surface area (Å²) in [6.45, 7) is 3.75. The molecule has 0 bridgehead atoms. The smallest absolute Gasteiger partial charge is 0.241 e. The van der Waals surface area contributed by atoms with Crippen molar-refractivity contribution in [1.82, 2.24) is 4.90 Å². The zero-order valence-electron chi connectivity index (χ0n) is 14.4. The number of ether oxygens (including phenoxy) is 1. The van der Waals surface area contributed by atoms with Crippen molar-refractivity contribution in [1.29, 1.82) is 0 Å². The second kappa shape index (κ2) is 7.68. The molecule has 3 heterocycles. The summed E-state index contributed by atoms with van der Waals surface area (Å²) in [5.41, 5.74) is 2.36. The lowest BCUT2D eigenvalue weighted by atomic mass is 10.2. The van der Waals surface area contributed by atoms with Gasteiger partial charge in [0.25, 0.3) is 0 Å². The number of amides is 1. The van der Waals surface area contributed by atoms with E-state index in [-0.39, 0.29) is 12.0 Å². The second-order valence-corrected chi connectivity index (χ2v) is 7.84. The average molecular weight is 356 g/mol. The maximum atomic E-state index is 13.0. The van der Waals surface area contributed by atoms with Crippen molar-refractivity contribution in [3.8, 4) is 0 Å². The lowest BCUT2D eigenvalue weighted by molar-refractivity contribution is -0.120. The molecule has 1 aromatic heterocycles. The minimum absolute atomic E-state index is 0.194. The van der Waals surface area contributed by atoms with E-state index in [0.717, 1.165) is 51.2 Å². The molecule has 1 unspecified atom stereocenters. The number of rotatable bonds is 6. The fourth-order valence-electron chi connectivity index (χ4n) is 3.76. The number of thiophene rings is 1. The van der Waals surface area contributed by atoms with Crippen molar-refractivity contribution in [2.75, 3.05) is 31.1 Å². The molecule has 1 atom stereocenters. The van der Waals surface area contributed by atoms with Crippen LogP contribution < -0.4 is 4.90 Å². The molecule has 4 rings (SSSR count). The summed E-state index contributed by atoms with van der Waals surface area (Å²) in [5.74, 6) is 0.194. The monoisotopic (exact) mass is 356 g/mol. The summed E-state index contributed by atoms with van der Waals surface area (Å²) < 4.78 is 5.80. The fraction of sp³-hybridized carbons (Fsp3) is 0.450. The third-order valence-electron chi connectivity index (χ3n) is 4.99. The Hall–Kier alpha value is -1.69. The molecular weight excluding hydrogens is 332 g/mol. The van der Waals surface area contributed by atoms with Gasteiger partial charge in [0, 0.05) is 36.8 Å². The lowest BCUT2D eigenvalue weighted by Gasteiger charge is -2.27. The fourth-order valence-corrected chi connectivity index (χ4v) is 4.50. The van der Waals surface area contributed by atoms with Crippen LogP contribution in [0.5, 0.6) is 0 Å². The molecule has 0 saturated carbocycles. The Balaban J connectivity index is 1.44. The van der Waals surface area contributed by atoms with Gasteiger partial charge in [-0.3, -0.25) is 9.69 Å². The van der Waals surface area contributed by atoms with Gasteiger partial charge in [-0.15, -0.1) is 11.3 Å². The number of fused-ring (bicyclic) bond motifs is 1. The van der Waals surface area contributed by atoms with Gasteiger partial charge in [0.05, 0.1) is 12.6 Å². The van der Waals surface area contributed by atoms with Crippen LogP contribution in [0.25, 0.3) is 0 Å². The van der Waals surface area contributed by atoms with Crippen LogP contribution in [0.15, 0.2) is 41.8 Å². The Morgan fingerprint density at radius 1 is 1.28 bits per heavy atom. The van der Waals surface area contributed by atoms with Crippen LogP contribution in [-0.4, -0.2) is 43.2 Å². The number of nitrogens with zero attached hydrogens (tertiary/aromatic N) is 2. The molecular formula is C20H24N2O2S. The minimum Gasteiger partial charge on any atom is -0.377 e. The largest absolute Gasteiger partial charge is 0.377 e. The molecule has 25 heavy (non-hydrogen) atoms. The van der Waals surface area contributed by atoms with E-state index in [0.29, 0.717) is 6.54 Å². The van der Waals surface area contributed by atoms with E-state index in [1.54, 1.807) is 11.3 Å². The van der Waals surface area contributed by atoms with E-state index in [4.69, 9.17) is 4.74 Å². The highest BCUT2D eigenvalue weighted by atomic mass is 32.1. The van der Waals surface area contributed by atoms with Crippen molar-refractivity contribution in [3.63, 3.8) is 0 Å². The van der Waals surface area contributed by atoms with Crippen molar-refractivity contribution < 1.29 is 9.53 Å². The van der Waals surface area contributed by atoms with E-state index in [1.807, 2.05) is 17.0 Å². The van der Waals surface area contributed by atoms with Crippen LogP contribution in [0.1, 0.15) is 23.3 Å².